The summed E-state index contributed by atoms with van der Waals surface area (Å²) in [6, 6.07) is 0. The van der Waals surface area contributed by atoms with Crippen molar-refractivity contribution in [1.82, 2.24) is 0 Å². The maximum atomic E-state index is 10.7. The van der Waals surface area contributed by atoms with Gasteiger partial charge < -0.3 is 0 Å². The molecule has 0 spiro atoms. The Morgan fingerprint density at radius 1 is 1.40 bits per heavy atom. The van der Waals surface area contributed by atoms with Crippen molar-refractivity contribution < 1.29 is 9.59 Å². The molecule has 0 N–H and O–H groups in total. The number of carbonyl (C=O) groups excluding carboxylic acids is 2. The van der Waals surface area contributed by atoms with Gasteiger partial charge in [0.2, 0.25) is 0 Å². The highest BCUT2D eigenvalue weighted by molar-refractivity contribution is 8.15. The van der Waals surface area contributed by atoms with Crippen molar-refractivity contribution in [3.63, 3.8) is 0 Å². The van der Waals surface area contributed by atoms with Gasteiger partial charge in [-0.25, -0.2) is 0 Å². The van der Waals surface area contributed by atoms with Crippen LogP contribution in [0.4, 0.5) is 0 Å². The van der Waals surface area contributed by atoms with Crippen LogP contribution in [0.25, 0.3) is 0 Å². The van der Waals surface area contributed by atoms with E-state index in [4.69, 9.17) is 0 Å². The van der Waals surface area contributed by atoms with Gasteiger partial charge in [0.1, 0.15) is 0 Å². The van der Waals surface area contributed by atoms with Gasteiger partial charge in [0.25, 0.3) is 5.78 Å². The molecular weight excluding hydrogens is 154 g/mol. The van der Waals surface area contributed by atoms with Crippen LogP contribution in [-0.2, 0) is 9.59 Å². The Morgan fingerprint density at radius 3 is 2.60 bits per heavy atom. The van der Waals surface area contributed by atoms with Crippen LogP contribution in [0.5, 0.6) is 0 Å². The first kappa shape index (κ1) is 7.07. The summed E-state index contributed by atoms with van der Waals surface area (Å²) in [5.41, 5.74) is 0. The fourth-order valence-corrected chi connectivity index (χ4v) is 0.810. The van der Waals surface area contributed by atoms with E-state index in [1.54, 1.807) is 6.26 Å². The molecule has 0 fully saturated rings. The summed E-state index contributed by atoms with van der Waals surface area (Å²) in [6.45, 7) is 0. The lowest BCUT2D eigenvalue weighted by Crippen LogP contribution is -2.21. The first-order valence-corrected chi connectivity index (χ1v) is 3.59. The van der Waals surface area contributed by atoms with Crippen molar-refractivity contribution >= 4 is 28.5 Å². The molecule has 1 aliphatic heterocycles. The lowest BCUT2D eigenvalue weighted by molar-refractivity contribution is -0.132. The highest BCUT2D eigenvalue weighted by atomic mass is 32.2. The maximum absolute atomic E-state index is 10.7. The van der Waals surface area contributed by atoms with Crippen LogP contribution >= 0.6 is 11.8 Å². The third-order valence-electron chi connectivity index (χ3n) is 0.853. The normalized spacial score (nSPS) is 17.5. The fraction of sp³-hybridized carbons (Fsp3) is 0.250. The number of hydrogen-bond donors (Lipinski definition) is 0. The van der Waals surface area contributed by atoms with Crippen LogP contribution in [0.15, 0.2) is 15.4 Å². The molecule has 5 nitrogen and oxygen atoms in total. The standard InChI is InChI=1S/C4H3N3O2S/c1-10-4-2(8)3(9)5-7-6-4/h1H3. The Morgan fingerprint density at radius 2 is 2.10 bits per heavy atom. The molecule has 0 bridgehead atoms. The van der Waals surface area contributed by atoms with Crippen LogP contribution in [0.3, 0.4) is 0 Å². The van der Waals surface area contributed by atoms with E-state index >= 15 is 0 Å². The summed E-state index contributed by atoms with van der Waals surface area (Å²) in [6.07, 6.45) is 1.64. The van der Waals surface area contributed by atoms with Crippen LogP contribution in [-0.4, -0.2) is 23.0 Å². The van der Waals surface area contributed by atoms with Gasteiger partial charge in [-0.2, -0.15) is 0 Å². The summed E-state index contributed by atoms with van der Waals surface area (Å²) < 4.78 is 0. The molecule has 10 heavy (non-hydrogen) atoms. The summed E-state index contributed by atoms with van der Waals surface area (Å²) in [5.74, 6) is -1.53. The molecule has 6 heteroatoms. The minimum atomic E-state index is -0.848. The topological polar surface area (TPSA) is 71.2 Å². The van der Waals surface area contributed by atoms with Crippen LogP contribution in [0.2, 0.25) is 0 Å². The summed E-state index contributed by atoms with van der Waals surface area (Å²) in [4.78, 5) is 21.2. The molecule has 0 aromatic heterocycles. The molecule has 1 rings (SSSR count). The average molecular weight is 157 g/mol. The van der Waals surface area contributed by atoms with Gasteiger partial charge in [-0.15, -0.1) is 16.9 Å². The molecule has 0 saturated heterocycles. The van der Waals surface area contributed by atoms with E-state index in [2.05, 4.69) is 15.4 Å². The smallest absolute Gasteiger partial charge is 0.280 e. The van der Waals surface area contributed by atoms with E-state index in [9.17, 15) is 9.59 Å². The molecule has 1 aliphatic rings. The molecule has 0 radical (unpaired) electrons. The third-order valence-corrected chi connectivity index (χ3v) is 1.51. The van der Waals surface area contributed by atoms with E-state index in [1.807, 2.05) is 0 Å². The van der Waals surface area contributed by atoms with Crippen molar-refractivity contribution in [3.8, 4) is 0 Å². The number of ketones is 1. The Hall–Kier alpha value is -1.04. The Balaban J connectivity index is 2.92. The quantitative estimate of drug-likeness (QED) is 0.472. The minimum Gasteiger partial charge on any atom is -0.280 e. The molecule has 0 saturated carbocycles. The first-order chi connectivity index (χ1) is 4.75. The second kappa shape index (κ2) is 2.70. The highest BCUT2D eigenvalue weighted by Crippen LogP contribution is 2.05. The van der Waals surface area contributed by atoms with Crippen molar-refractivity contribution in [1.29, 1.82) is 0 Å². The third kappa shape index (κ3) is 1.10. The van der Waals surface area contributed by atoms with Gasteiger partial charge in [-0.1, -0.05) is 5.11 Å². The molecule has 0 atom stereocenters. The predicted molar refractivity (Wildman–Crippen MR) is 35.8 cm³/mol. The number of thioether (sulfide) groups is 1. The van der Waals surface area contributed by atoms with E-state index in [0.29, 0.717) is 0 Å². The number of hydrogen-bond acceptors (Lipinski definition) is 5. The summed E-state index contributed by atoms with van der Waals surface area (Å²) >= 11 is 1.08. The number of nitrogens with zero attached hydrogens (tertiary/aromatic N) is 3. The second-order valence-corrected chi connectivity index (χ2v) is 2.23. The largest absolute Gasteiger partial charge is 0.340 e. The highest BCUT2D eigenvalue weighted by Gasteiger charge is 2.22. The van der Waals surface area contributed by atoms with Gasteiger partial charge in [0, 0.05) is 0 Å². The predicted octanol–water partition coefficient (Wildman–Crippen LogP) is 0.224. The maximum Gasteiger partial charge on any atom is 0.340 e. The van der Waals surface area contributed by atoms with Crippen molar-refractivity contribution in [3.05, 3.63) is 0 Å². The molecule has 1 amide bonds. The lowest BCUT2D eigenvalue weighted by Gasteiger charge is -1.97. The van der Waals surface area contributed by atoms with Crippen LogP contribution in [0, 0.1) is 0 Å². The second-order valence-electron chi connectivity index (χ2n) is 1.43. The summed E-state index contributed by atoms with van der Waals surface area (Å²) in [5, 5.41) is 9.47. The molecular formula is C4H3N3O2S. The molecule has 0 aliphatic carbocycles. The zero-order valence-electron chi connectivity index (χ0n) is 5.07. The number of Topliss-reactive ketones (excluding diaryl/α,β-unsaturated/α-hetero) is 1. The van der Waals surface area contributed by atoms with Crippen LogP contribution in [0.1, 0.15) is 0 Å². The van der Waals surface area contributed by atoms with Gasteiger partial charge in [0.05, 0.1) is 0 Å². The SMILES string of the molecule is CSC1=NN=NC(=O)C1=O. The first-order valence-electron chi connectivity index (χ1n) is 2.37. The number of rotatable bonds is 0. The average Bonchev–Trinajstić information content (AvgIpc) is 1.95. The summed E-state index contributed by atoms with van der Waals surface area (Å²) in [7, 11) is 0. The molecule has 52 valence electrons. The zero-order valence-corrected chi connectivity index (χ0v) is 5.88. The Labute approximate surface area is 60.6 Å². The van der Waals surface area contributed by atoms with E-state index in [1.165, 1.54) is 0 Å². The number of carbonyl (C=O) groups is 2. The van der Waals surface area contributed by atoms with E-state index < -0.39 is 11.7 Å². The van der Waals surface area contributed by atoms with Crippen molar-refractivity contribution in [2.24, 2.45) is 15.4 Å². The Kier molecular flexibility index (Phi) is 1.91. The molecule has 0 unspecified atom stereocenters. The van der Waals surface area contributed by atoms with Gasteiger partial charge in [-0.3, -0.25) is 9.59 Å². The lowest BCUT2D eigenvalue weighted by atomic mass is 10.4. The van der Waals surface area contributed by atoms with Gasteiger partial charge >= 0.3 is 5.91 Å². The molecule has 1 heterocycles. The van der Waals surface area contributed by atoms with E-state index in [-0.39, 0.29) is 5.04 Å². The molecule has 0 aromatic rings. The van der Waals surface area contributed by atoms with Gasteiger partial charge in [0.15, 0.2) is 5.04 Å². The Bertz CT molecular complexity index is 245. The van der Waals surface area contributed by atoms with Gasteiger partial charge in [-0.05, 0) is 11.5 Å². The van der Waals surface area contributed by atoms with Crippen molar-refractivity contribution in [2.75, 3.05) is 6.26 Å². The zero-order chi connectivity index (χ0) is 7.56. The number of amides is 1. The fourth-order valence-electron chi connectivity index (χ4n) is 0.419. The van der Waals surface area contributed by atoms with Crippen LogP contribution < -0.4 is 0 Å². The minimum absolute atomic E-state index is 0.0972. The van der Waals surface area contributed by atoms with E-state index in [0.717, 1.165) is 11.8 Å². The monoisotopic (exact) mass is 157 g/mol. The molecule has 0 aromatic carbocycles. The van der Waals surface area contributed by atoms with Crippen molar-refractivity contribution in [2.45, 2.75) is 0 Å².